The monoisotopic (exact) mass is 301 g/mol. The van der Waals surface area contributed by atoms with E-state index in [1.165, 1.54) is 29.9 Å². The van der Waals surface area contributed by atoms with Crippen LogP contribution in [0.2, 0.25) is 0 Å². The van der Waals surface area contributed by atoms with E-state index in [-0.39, 0.29) is 16.9 Å². The number of nitrogens with one attached hydrogen (secondary N) is 1. The van der Waals surface area contributed by atoms with E-state index in [1.54, 1.807) is 0 Å². The van der Waals surface area contributed by atoms with E-state index in [2.05, 4.69) is 16.7 Å². The second-order valence-corrected chi connectivity index (χ2v) is 7.31. The number of sulfonamides is 1. The minimum absolute atomic E-state index is 0.0620. The van der Waals surface area contributed by atoms with Gasteiger partial charge in [-0.05, 0) is 24.7 Å². The van der Waals surface area contributed by atoms with E-state index in [4.69, 9.17) is 5.11 Å². The molecule has 0 amide bonds. The van der Waals surface area contributed by atoms with Gasteiger partial charge in [-0.25, -0.2) is 13.1 Å². The maximum Gasteiger partial charge on any atom is 0.243 e. The summed E-state index contributed by atoms with van der Waals surface area (Å²) in [5.74, 6) is 0. The summed E-state index contributed by atoms with van der Waals surface area (Å²) in [4.78, 5) is 0.162. The molecular formula is C13H23N3O3S. The van der Waals surface area contributed by atoms with Crippen LogP contribution in [-0.2, 0) is 16.6 Å². The third kappa shape index (κ3) is 3.39. The lowest BCUT2D eigenvalue weighted by molar-refractivity contribution is 0.269. The number of nitrogens with zero attached hydrogens (tertiary/aromatic N) is 2. The van der Waals surface area contributed by atoms with Crippen molar-refractivity contribution < 1.29 is 13.5 Å². The zero-order valence-electron chi connectivity index (χ0n) is 11.9. The molecule has 0 aliphatic heterocycles. The second kappa shape index (κ2) is 6.24. The van der Waals surface area contributed by atoms with Gasteiger partial charge >= 0.3 is 0 Å². The highest BCUT2D eigenvalue weighted by molar-refractivity contribution is 7.89. The van der Waals surface area contributed by atoms with Crippen molar-refractivity contribution in [1.29, 1.82) is 0 Å². The molecule has 2 rings (SSSR count). The number of rotatable bonds is 7. The zero-order chi connectivity index (χ0) is 14.6. The SMILES string of the molecule is CCC1(CNS(=O)(=O)c2cnn(CCO)c2)CCCC1. The van der Waals surface area contributed by atoms with E-state index in [0.29, 0.717) is 13.1 Å². The third-order valence-corrected chi connectivity index (χ3v) is 5.66. The molecule has 0 unspecified atom stereocenters. The van der Waals surface area contributed by atoms with Crippen molar-refractivity contribution in [3.63, 3.8) is 0 Å². The Bertz CT molecular complexity index is 533. The van der Waals surface area contributed by atoms with E-state index in [0.717, 1.165) is 19.3 Å². The van der Waals surface area contributed by atoms with Crippen LogP contribution in [-0.4, -0.2) is 36.5 Å². The number of hydrogen-bond acceptors (Lipinski definition) is 4. The van der Waals surface area contributed by atoms with Crippen molar-refractivity contribution in [3.05, 3.63) is 12.4 Å². The fraction of sp³-hybridized carbons (Fsp3) is 0.769. The summed E-state index contributed by atoms with van der Waals surface area (Å²) >= 11 is 0. The highest BCUT2D eigenvalue weighted by Crippen LogP contribution is 2.40. The van der Waals surface area contributed by atoms with Gasteiger partial charge in [-0.15, -0.1) is 0 Å². The molecule has 0 bridgehead atoms. The van der Waals surface area contributed by atoms with Crippen LogP contribution in [0.1, 0.15) is 39.0 Å². The van der Waals surface area contributed by atoms with Gasteiger partial charge < -0.3 is 5.11 Å². The van der Waals surface area contributed by atoms with Gasteiger partial charge in [0.05, 0.1) is 19.3 Å². The van der Waals surface area contributed by atoms with Crippen molar-refractivity contribution in [2.75, 3.05) is 13.2 Å². The van der Waals surface area contributed by atoms with E-state index in [1.807, 2.05) is 0 Å². The van der Waals surface area contributed by atoms with Gasteiger partial charge in [0, 0.05) is 12.7 Å². The minimum Gasteiger partial charge on any atom is -0.394 e. The summed E-state index contributed by atoms with van der Waals surface area (Å²) in [5.41, 5.74) is 0.119. The lowest BCUT2D eigenvalue weighted by atomic mass is 9.84. The Morgan fingerprint density at radius 2 is 2.15 bits per heavy atom. The van der Waals surface area contributed by atoms with Crippen molar-refractivity contribution in [2.45, 2.75) is 50.5 Å². The molecule has 1 aromatic heterocycles. The average molecular weight is 301 g/mol. The summed E-state index contributed by atoms with van der Waals surface area (Å²) in [5, 5.41) is 12.7. The quantitative estimate of drug-likeness (QED) is 0.790. The standard InChI is InChI=1S/C13H23N3O3S/c1-2-13(5-3-4-6-13)11-15-20(18,19)12-9-14-16(10-12)7-8-17/h9-10,15,17H,2-8,11H2,1H3. The molecule has 0 atom stereocenters. The minimum atomic E-state index is -3.51. The fourth-order valence-electron chi connectivity index (χ4n) is 2.82. The van der Waals surface area contributed by atoms with Gasteiger partial charge in [0.25, 0.3) is 0 Å². The Kier molecular flexibility index (Phi) is 4.82. The molecule has 2 N–H and O–H groups in total. The predicted molar refractivity (Wildman–Crippen MR) is 75.7 cm³/mol. The predicted octanol–water partition coefficient (Wildman–Crippen LogP) is 1.12. The molecule has 1 heterocycles. The van der Waals surface area contributed by atoms with Crippen LogP contribution < -0.4 is 4.72 Å². The van der Waals surface area contributed by atoms with Crippen LogP contribution in [0.5, 0.6) is 0 Å². The summed E-state index contributed by atoms with van der Waals surface area (Å²) < 4.78 is 28.6. The summed E-state index contributed by atoms with van der Waals surface area (Å²) in [6, 6.07) is 0. The Hall–Kier alpha value is -0.920. The van der Waals surface area contributed by atoms with E-state index in [9.17, 15) is 8.42 Å². The third-order valence-electron chi connectivity index (χ3n) is 4.30. The van der Waals surface area contributed by atoms with E-state index >= 15 is 0 Å². The first kappa shape index (κ1) is 15.5. The molecule has 0 aromatic carbocycles. The first-order valence-corrected chi connectivity index (χ1v) is 8.63. The molecule has 1 aliphatic rings. The maximum absolute atomic E-state index is 12.2. The number of aromatic nitrogens is 2. The summed E-state index contributed by atoms with van der Waals surface area (Å²) in [6.45, 7) is 2.86. The Balaban J connectivity index is 2.03. The molecule has 0 radical (unpaired) electrons. The van der Waals surface area contributed by atoms with Crippen molar-refractivity contribution in [1.82, 2.24) is 14.5 Å². The highest BCUT2D eigenvalue weighted by atomic mass is 32.2. The molecule has 1 aromatic rings. The summed E-state index contributed by atoms with van der Waals surface area (Å²) in [6.07, 6.45) is 8.33. The molecule has 6 nitrogen and oxygen atoms in total. The van der Waals surface area contributed by atoms with Crippen LogP contribution in [0.25, 0.3) is 0 Å². The van der Waals surface area contributed by atoms with Gasteiger partial charge in [0.1, 0.15) is 4.90 Å². The maximum atomic E-state index is 12.2. The smallest absolute Gasteiger partial charge is 0.243 e. The second-order valence-electron chi connectivity index (χ2n) is 5.55. The van der Waals surface area contributed by atoms with Crippen LogP contribution in [0.4, 0.5) is 0 Å². The molecule has 20 heavy (non-hydrogen) atoms. The van der Waals surface area contributed by atoms with Gasteiger partial charge in [-0.3, -0.25) is 4.68 Å². The van der Waals surface area contributed by atoms with Crippen molar-refractivity contribution in [2.24, 2.45) is 5.41 Å². The first-order chi connectivity index (χ1) is 9.51. The van der Waals surface area contributed by atoms with Crippen molar-refractivity contribution in [3.8, 4) is 0 Å². The lowest BCUT2D eigenvalue weighted by Crippen LogP contribution is -2.35. The molecule has 1 aliphatic carbocycles. The Morgan fingerprint density at radius 1 is 1.45 bits per heavy atom. The fourth-order valence-corrected chi connectivity index (χ4v) is 3.93. The molecule has 7 heteroatoms. The van der Waals surface area contributed by atoms with Gasteiger partial charge in [0.15, 0.2) is 0 Å². The Morgan fingerprint density at radius 3 is 2.75 bits per heavy atom. The number of hydrogen-bond donors (Lipinski definition) is 2. The zero-order valence-corrected chi connectivity index (χ0v) is 12.7. The van der Waals surface area contributed by atoms with Crippen molar-refractivity contribution >= 4 is 10.0 Å². The van der Waals surface area contributed by atoms with Gasteiger partial charge in [-0.1, -0.05) is 19.8 Å². The first-order valence-electron chi connectivity index (χ1n) is 7.14. The highest BCUT2D eigenvalue weighted by Gasteiger charge is 2.33. The largest absolute Gasteiger partial charge is 0.394 e. The van der Waals surface area contributed by atoms with E-state index < -0.39 is 10.0 Å². The topological polar surface area (TPSA) is 84.2 Å². The molecule has 0 saturated heterocycles. The molecule has 1 fully saturated rings. The number of aliphatic hydroxyl groups is 1. The number of aliphatic hydroxyl groups excluding tert-OH is 1. The van der Waals surface area contributed by atoms with Crippen LogP contribution in [0.15, 0.2) is 17.3 Å². The lowest BCUT2D eigenvalue weighted by Gasteiger charge is -2.27. The van der Waals surface area contributed by atoms with Gasteiger partial charge in [0.2, 0.25) is 10.0 Å². The normalized spacial score (nSPS) is 18.5. The Labute approximate surface area is 120 Å². The van der Waals surface area contributed by atoms with Gasteiger partial charge in [-0.2, -0.15) is 5.10 Å². The summed E-state index contributed by atoms with van der Waals surface area (Å²) in [7, 11) is -3.51. The van der Waals surface area contributed by atoms with Crippen LogP contribution >= 0.6 is 0 Å². The molecular weight excluding hydrogens is 278 g/mol. The van der Waals surface area contributed by atoms with Crippen LogP contribution in [0.3, 0.4) is 0 Å². The molecule has 114 valence electrons. The molecule has 0 spiro atoms. The molecule has 1 saturated carbocycles. The average Bonchev–Trinajstić information content (AvgIpc) is 3.07. The van der Waals surface area contributed by atoms with Crippen LogP contribution in [0, 0.1) is 5.41 Å².